The Balaban J connectivity index is 2.22. The highest BCUT2D eigenvalue weighted by Crippen LogP contribution is 2.25. The first-order chi connectivity index (χ1) is 10.5. The summed E-state index contributed by atoms with van der Waals surface area (Å²) in [5, 5.41) is 4.39. The number of nitrogens with zero attached hydrogens (tertiary/aromatic N) is 2. The Hall–Kier alpha value is -2.14. The predicted molar refractivity (Wildman–Crippen MR) is 84.6 cm³/mol. The molecular formula is C16H17ClN2O3. The molecule has 0 aliphatic carbocycles. The molecule has 0 amide bonds. The third-order valence-corrected chi connectivity index (χ3v) is 3.40. The molecule has 0 unspecified atom stereocenters. The smallest absolute Gasteiger partial charge is 0.364 e. The van der Waals surface area contributed by atoms with Crippen LogP contribution in [0.4, 0.5) is 0 Å². The molecule has 0 aliphatic heterocycles. The van der Waals surface area contributed by atoms with Crippen molar-refractivity contribution < 1.29 is 9.53 Å². The summed E-state index contributed by atoms with van der Waals surface area (Å²) in [6.45, 7) is 4.36. The molecule has 0 radical (unpaired) electrons. The second kappa shape index (κ2) is 7.22. The van der Waals surface area contributed by atoms with Gasteiger partial charge >= 0.3 is 5.97 Å². The molecule has 0 aliphatic rings. The minimum Gasteiger partial charge on any atom is -0.420 e. The van der Waals surface area contributed by atoms with Crippen molar-refractivity contribution in [3.05, 3.63) is 57.0 Å². The van der Waals surface area contributed by atoms with E-state index in [4.69, 9.17) is 16.3 Å². The largest absolute Gasteiger partial charge is 0.420 e. The first kappa shape index (κ1) is 16.2. The van der Waals surface area contributed by atoms with Crippen LogP contribution in [0.1, 0.15) is 35.8 Å². The van der Waals surface area contributed by atoms with Gasteiger partial charge in [-0.3, -0.25) is 4.79 Å². The van der Waals surface area contributed by atoms with Crippen molar-refractivity contribution in [2.75, 3.05) is 0 Å². The lowest BCUT2D eigenvalue weighted by Gasteiger charge is -2.08. The lowest BCUT2D eigenvalue weighted by Crippen LogP contribution is -2.25. The highest BCUT2D eigenvalue weighted by Gasteiger charge is 2.14. The van der Waals surface area contributed by atoms with E-state index in [-0.39, 0.29) is 17.0 Å². The highest BCUT2D eigenvalue weighted by molar-refractivity contribution is 6.32. The van der Waals surface area contributed by atoms with Crippen molar-refractivity contribution in [1.29, 1.82) is 0 Å². The van der Waals surface area contributed by atoms with Crippen molar-refractivity contribution in [2.24, 2.45) is 0 Å². The zero-order valence-electron chi connectivity index (χ0n) is 12.5. The van der Waals surface area contributed by atoms with E-state index in [9.17, 15) is 9.59 Å². The van der Waals surface area contributed by atoms with Crippen molar-refractivity contribution in [3.63, 3.8) is 0 Å². The maximum Gasteiger partial charge on any atom is 0.364 e. The Morgan fingerprint density at radius 1 is 1.32 bits per heavy atom. The SMILES string of the molecule is CCCCn1nc(C(=O)Oc2cc(C)ccc2Cl)ccc1=O. The second-order valence-electron chi connectivity index (χ2n) is 4.96. The van der Waals surface area contributed by atoms with Gasteiger partial charge in [0.1, 0.15) is 5.75 Å². The molecule has 2 aromatic rings. The van der Waals surface area contributed by atoms with Gasteiger partial charge in [-0.15, -0.1) is 0 Å². The molecule has 22 heavy (non-hydrogen) atoms. The van der Waals surface area contributed by atoms with Crippen molar-refractivity contribution in [2.45, 2.75) is 33.2 Å². The van der Waals surface area contributed by atoms with Crippen LogP contribution in [0.25, 0.3) is 0 Å². The third-order valence-electron chi connectivity index (χ3n) is 3.09. The molecule has 0 saturated heterocycles. The second-order valence-corrected chi connectivity index (χ2v) is 5.36. The number of rotatable bonds is 5. The van der Waals surface area contributed by atoms with Crippen LogP contribution in [0.5, 0.6) is 5.75 Å². The summed E-state index contributed by atoms with van der Waals surface area (Å²) in [5.74, 6) is -0.363. The Morgan fingerprint density at radius 3 is 2.82 bits per heavy atom. The molecule has 0 bridgehead atoms. The highest BCUT2D eigenvalue weighted by atomic mass is 35.5. The molecule has 0 spiro atoms. The van der Waals surface area contributed by atoms with Gasteiger partial charge in [0.25, 0.3) is 5.56 Å². The van der Waals surface area contributed by atoms with E-state index in [2.05, 4.69) is 5.10 Å². The average Bonchev–Trinajstić information content (AvgIpc) is 2.50. The van der Waals surface area contributed by atoms with Crippen molar-refractivity contribution in [1.82, 2.24) is 9.78 Å². The minimum atomic E-state index is -0.641. The van der Waals surface area contributed by atoms with Gasteiger partial charge < -0.3 is 4.74 Å². The number of unbranched alkanes of at least 4 members (excludes halogenated alkanes) is 1. The number of benzene rings is 1. The number of hydrogen-bond donors (Lipinski definition) is 0. The molecule has 2 rings (SSSR count). The van der Waals surface area contributed by atoms with E-state index in [1.807, 2.05) is 19.9 Å². The maximum absolute atomic E-state index is 12.2. The Labute approximate surface area is 133 Å². The molecule has 1 heterocycles. The van der Waals surface area contributed by atoms with Crippen LogP contribution in [0.3, 0.4) is 0 Å². The van der Waals surface area contributed by atoms with Crippen LogP contribution in [-0.2, 0) is 6.54 Å². The van der Waals surface area contributed by atoms with E-state index in [0.29, 0.717) is 11.6 Å². The quantitative estimate of drug-likeness (QED) is 0.627. The number of halogens is 1. The van der Waals surface area contributed by atoms with E-state index in [1.165, 1.54) is 16.8 Å². The summed E-state index contributed by atoms with van der Waals surface area (Å²) in [6.07, 6.45) is 1.75. The van der Waals surface area contributed by atoms with E-state index >= 15 is 0 Å². The van der Waals surface area contributed by atoms with Gasteiger partial charge in [0.15, 0.2) is 5.69 Å². The number of aryl methyl sites for hydroxylation is 2. The Bertz CT molecular complexity index is 740. The minimum absolute atomic E-state index is 0.0771. The molecule has 1 aromatic heterocycles. The van der Waals surface area contributed by atoms with Crippen LogP contribution in [-0.4, -0.2) is 15.7 Å². The molecule has 5 nitrogen and oxygen atoms in total. The number of hydrogen-bond acceptors (Lipinski definition) is 4. The van der Waals surface area contributed by atoms with Gasteiger partial charge in [-0.2, -0.15) is 5.10 Å². The summed E-state index contributed by atoms with van der Waals surface area (Å²) in [7, 11) is 0. The molecule has 116 valence electrons. The number of carbonyl (C=O) groups is 1. The van der Waals surface area contributed by atoms with Crippen LogP contribution in [0.2, 0.25) is 5.02 Å². The third kappa shape index (κ3) is 3.95. The summed E-state index contributed by atoms with van der Waals surface area (Å²) < 4.78 is 6.54. The van der Waals surface area contributed by atoms with Crippen LogP contribution in [0, 0.1) is 6.92 Å². The molecular weight excluding hydrogens is 304 g/mol. The number of esters is 1. The monoisotopic (exact) mass is 320 g/mol. The zero-order chi connectivity index (χ0) is 16.1. The normalized spacial score (nSPS) is 10.5. The van der Waals surface area contributed by atoms with E-state index in [0.717, 1.165) is 18.4 Å². The van der Waals surface area contributed by atoms with Crippen molar-refractivity contribution >= 4 is 17.6 Å². The molecule has 6 heteroatoms. The summed E-state index contributed by atoms with van der Waals surface area (Å²) in [4.78, 5) is 23.8. The fourth-order valence-corrected chi connectivity index (χ4v) is 2.02. The van der Waals surface area contributed by atoms with Gasteiger partial charge in [0.2, 0.25) is 0 Å². The van der Waals surface area contributed by atoms with Gasteiger partial charge in [-0.25, -0.2) is 9.48 Å². The first-order valence-corrected chi connectivity index (χ1v) is 7.45. The van der Waals surface area contributed by atoms with Crippen LogP contribution in [0.15, 0.2) is 35.1 Å². The standard InChI is InChI=1S/C16H17ClN2O3/c1-3-4-9-19-15(20)8-7-13(18-19)16(21)22-14-10-11(2)5-6-12(14)17/h5-8,10H,3-4,9H2,1-2H3. The van der Waals surface area contributed by atoms with Gasteiger partial charge in [-0.05, 0) is 37.1 Å². The van der Waals surface area contributed by atoms with E-state index in [1.54, 1.807) is 12.1 Å². The van der Waals surface area contributed by atoms with Crippen LogP contribution >= 0.6 is 11.6 Å². The number of carbonyl (C=O) groups excluding carboxylic acids is 1. The summed E-state index contributed by atoms with van der Waals surface area (Å²) in [5.41, 5.74) is 0.764. The fourth-order valence-electron chi connectivity index (χ4n) is 1.87. The molecule has 0 N–H and O–H groups in total. The first-order valence-electron chi connectivity index (χ1n) is 7.07. The fraction of sp³-hybridized carbons (Fsp3) is 0.312. The number of aromatic nitrogens is 2. The van der Waals surface area contributed by atoms with Crippen molar-refractivity contribution in [3.8, 4) is 5.75 Å². The molecule has 0 atom stereocenters. The zero-order valence-corrected chi connectivity index (χ0v) is 13.3. The Morgan fingerprint density at radius 2 is 2.09 bits per heavy atom. The molecule has 0 fully saturated rings. The Kier molecular flexibility index (Phi) is 5.33. The lowest BCUT2D eigenvalue weighted by atomic mass is 10.2. The summed E-state index contributed by atoms with van der Waals surface area (Å²) in [6, 6.07) is 7.83. The molecule has 0 saturated carbocycles. The number of ether oxygens (including phenoxy) is 1. The molecule has 1 aromatic carbocycles. The average molecular weight is 321 g/mol. The maximum atomic E-state index is 12.2. The topological polar surface area (TPSA) is 61.2 Å². The van der Waals surface area contributed by atoms with Gasteiger partial charge in [-0.1, -0.05) is 31.0 Å². The van der Waals surface area contributed by atoms with Gasteiger partial charge in [0, 0.05) is 12.6 Å². The predicted octanol–water partition coefficient (Wildman–Crippen LogP) is 3.22. The lowest BCUT2D eigenvalue weighted by molar-refractivity contribution is 0.0725. The summed E-state index contributed by atoms with van der Waals surface area (Å²) >= 11 is 6.00. The van der Waals surface area contributed by atoms with E-state index < -0.39 is 5.97 Å². The van der Waals surface area contributed by atoms with Crippen LogP contribution < -0.4 is 10.3 Å². The van der Waals surface area contributed by atoms with Gasteiger partial charge in [0.05, 0.1) is 5.02 Å².